The second kappa shape index (κ2) is 6.78. The maximum Gasteiger partial charge on any atom is 0.357 e. The molecule has 1 aliphatic rings. The van der Waals surface area contributed by atoms with Gasteiger partial charge in [0.2, 0.25) is 5.88 Å². The topological polar surface area (TPSA) is 48.4 Å². The number of esters is 1. The Morgan fingerprint density at radius 3 is 2.72 bits per heavy atom. The van der Waals surface area contributed by atoms with Crippen LogP contribution in [0.15, 0.2) is 24.3 Å². The van der Waals surface area contributed by atoms with Crippen LogP contribution in [0.5, 0.6) is 5.88 Å². The quantitative estimate of drug-likeness (QED) is 0.782. The summed E-state index contributed by atoms with van der Waals surface area (Å²) in [5.74, 6) is -1.47. The number of nitrogens with zero attached hydrogens (tertiary/aromatic N) is 1. The zero-order valence-electron chi connectivity index (χ0n) is 14.3. The molecule has 0 amide bonds. The summed E-state index contributed by atoms with van der Waals surface area (Å²) in [6, 6.07) is 4.85. The Morgan fingerprint density at radius 2 is 2.04 bits per heavy atom. The minimum atomic E-state index is -0.700. The molecule has 25 heavy (non-hydrogen) atoms. The Bertz CT molecular complexity index is 823. The van der Waals surface area contributed by atoms with Crippen molar-refractivity contribution in [2.75, 3.05) is 6.61 Å². The zero-order valence-corrected chi connectivity index (χ0v) is 14.3. The molecule has 1 aliphatic heterocycles. The van der Waals surface area contributed by atoms with Crippen LogP contribution in [0, 0.1) is 17.6 Å². The molecule has 2 heterocycles. The Kier molecular flexibility index (Phi) is 4.70. The van der Waals surface area contributed by atoms with E-state index >= 15 is 0 Å². The number of fused-ring (bicyclic) bond motifs is 1. The van der Waals surface area contributed by atoms with Crippen LogP contribution in [0.1, 0.15) is 36.8 Å². The fraction of sp³-hybridized carbons (Fsp3) is 0.368. The smallest absolute Gasteiger partial charge is 0.357 e. The predicted octanol–water partition coefficient (Wildman–Crippen LogP) is 4.16. The number of hydrogen-bond acceptors (Lipinski definition) is 4. The molecular weight excluding hydrogens is 328 g/mol. The molecule has 0 spiro atoms. The van der Waals surface area contributed by atoms with Gasteiger partial charge in [-0.2, -0.15) is 0 Å². The van der Waals surface area contributed by atoms with Crippen molar-refractivity contribution < 1.29 is 23.0 Å². The largest absolute Gasteiger partial charge is 0.474 e. The molecular formula is C19H19F2NO3. The summed E-state index contributed by atoms with van der Waals surface area (Å²) in [5, 5.41) is 0. The lowest BCUT2D eigenvalue weighted by Gasteiger charge is -2.30. The Labute approximate surface area is 144 Å². The first-order valence-electron chi connectivity index (χ1n) is 8.23. The van der Waals surface area contributed by atoms with Crippen molar-refractivity contribution in [2.24, 2.45) is 5.92 Å². The fourth-order valence-corrected chi connectivity index (χ4v) is 2.88. The van der Waals surface area contributed by atoms with Crippen molar-refractivity contribution in [1.29, 1.82) is 0 Å². The van der Waals surface area contributed by atoms with Gasteiger partial charge in [-0.15, -0.1) is 0 Å². The van der Waals surface area contributed by atoms with E-state index in [2.05, 4.69) is 4.98 Å². The summed E-state index contributed by atoms with van der Waals surface area (Å²) in [6.45, 7) is 5.84. The summed E-state index contributed by atoms with van der Waals surface area (Å²) < 4.78 is 38.4. The SMILES string of the molecule is CCOC(=O)c1cc(-c2ccc(F)cc2F)c2c(n1)OC(C)[C@@H](C)C2. The maximum absolute atomic E-state index is 14.3. The second-order valence-electron chi connectivity index (χ2n) is 6.19. The van der Waals surface area contributed by atoms with Crippen LogP contribution in [0.2, 0.25) is 0 Å². The molecule has 0 bridgehead atoms. The Morgan fingerprint density at radius 1 is 1.28 bits per heavy atom. The van der Waals surface area contributed by atoms with Gasteiger partial charge < -0.3 is 9.47 Å². The second-order valence-corrected chi connectivity index (χ2v) is 6.19. The highest BCUT2D eigenvalue weighted by Gasteiger charge is 2.29. The minimum absolute atomic E-state index is 0.0427. The Hall–Kier alpha value is -2.50. The van der Waals surface area contributed by atoms with E-state index in [1.54, 1.807) is 6.92 Å². The first-order valence-corrected chi connectivity index (χ1v) is 8.23. The van der Waals surface area contributed by atoms with E-state index in [1.165, 1.54) is 18.2 Å². The number of carbonyl (C=O) groups is 1. The van der Waals surface area contributed by atoms with Crippen LogP contribution in [-0.4, -0.2) is 23.7 Å². The number of aromatic nitrogens is 1. The van der Waals surface area contributed by atoms with Gasteiger partial charge in [-0.3, -0.25) is 0 Å². The predicted molar refractivity (Wildman–Crippen MR) is 88.5 cm³/mol. The Balaban J connectivity index is 2.19. The van der Waals surface area contributed by atoms with Gasteiger partial charge in [0.15, 0.2) is 5.69 Å². The molecule has 132 valence electrons. The fourth-order valence-electron chi connectivity index (χ4n) is 2.88. The van der Waals surface area contributed by atoms with Crippen LogP contribution in [0.3, 0.4) is 0 Å². The number of hydrogen-bond donors (Lipinski definition) is 0. The standard InChI is InChI=1S/C19H19F2NO3/c1-4-24-19(23)17-9-14(13-6-5-12(20)8-16(13)21)15-7-10(2)11(3)25-18(15)22-17/h5-6,8-11H,4,7H2,1-3H3/t10-,11?/m0/s1. The normalized spacial score (nSPS) is 19.1. The van der Waals surface area contributed by atoms with Crippen molar-refractivity contribution in [3.05, 3.63) is 47.2 Å². The lowest BCUT2D eigenvalue weighted by molar-refractivity contribution is 0.0515. The van der Waals surface area contributed by atoms with Crippen molar-refractivity contribution in [2.45, 2.75) is 33.3 Å². The lowest BCUT2D eigenvalue weighted by atomic mass is 9.89. The van der Waals surface area contributed by atoms with Gasteiger partial charge in [0.05, 0.1) is 6.61 Å². The third-order valence-corrected chi connectivity index (χ3v) is 4.42. The zero-order chi connectivity index (χ0) is 18.1. The highest BCUT2D eigenvalue weighted by molar-refractivity contribution is 5.90. The number of halogens is 2. The molecule has 0 fully saturated rings. The molecule has 0 aliphatic carbocycles. The van der Waals surface area contributed by atoms with Crippen LogP contribution in [-0.2, 0) is 11.2 Å². The summed E-state index contributed by atoms with van der Waals surface area (Å²) in [6.07, 6.45) is 0.544. The summed E-state index contributed by atoms with van der Waals surface area (Å²) in [7, 11) is 0. The van der Waals surface area contributed by atoms with Crippen LogP contribution in [0.4, 0.5) is 8.78 Å². The van der Waals surface area contributed by atoms with E-state index in [0.717, 1.165) is 6.07 Å². The van der Waals surface area contributed by atoms with Crippen molar-refractivity contribution in [1.82, 2.24) is 4.98 Å². The van der Waals surface area contributed by atoms with E-state index in [9.17, 15) is 13.6 Å². The highest BCUT2D eigenvalue weighted by atomic mass is 19.1. The molecule has 4 nitrogen and oxygen atoms in total. The van der Waals surface area contributed by atoms with Gasteiger partial charge >= 0.3 is 5.97 Å². The van der Waals surface area contributed by atoms with Gasteiger partial charge in [-0.25, -0.2) is 18.6 Å². The molecule has 1 aromatic heterocycles. The number of ether oxygens (including phenoxy) is 2. The van der Waals surface area contributed by atoms with Gasteiger partial charge in [-0.1, -0.05) is 6.92 Å². The molecule has 0 saturated heterocycles. The molecule has 6 heteroatoms. The van der Waals surface area contributed by atoms with Gasteiger partial charge in [0, 0.05) is 17.2 Å². The van der Waals surface area contributed by atoms with Gasteiger partial charge in [0.25, 0.3) is 0 Å². The molecule has 1 unspecified atom stereocenters. The van der Waals surface area contributed by atoms with E-state index in [-0.39, 0.29) is 29.9 Å². The summed E-state index contributed by atoms with van der Waals surface area (Å²) >= 11 is 0. The molecule has 0 radical (unpaired) electrons. The molecule has 3 rings (SSSR count). The molecule has 2 atom stereocenters. The number of pyridine rings is 1. The highest BCUT2D eigenvalue weighted by Crippen LogP contribution is 2.38. The molecule has 0 N–H and O–H groups in total. The van der Waals surface area contributed by atoms with Crippen molar-refractivity contribution in [3.8, 4) is 17.0 Å². The van der Waals surface area contributed by atoms with E-state index < -0.39 is 17.6 Å². The monoisotopic (exact) mass is 347 g/mol. The molecule has 0 saturated carbocycles. The lowest BCUT2D eigenvalue weighted by Crippen LogP contribution is -2.29. The van der Waals surface area contributed by atoms with Crippen molar-refractivity contribution in [3.63, 3.8) is 0 Å². The summed E-state index contributed by atoms with van der Waals surface area (Å²) in [5.41, 5.74) is 1.44. The van der Waals surface area contributed by atoms with Crippen LogP contribution >= 0.6 is 0 Å². The van der Waals surface area contributed by atoms with Crippen molar-refractivity contribution >= 4 is 5.97 Å². The average Bonchev–Trinajstić information content (AvgIpc) is 2.55. The third-order valence-electron chi connectivity index (χ3n) is 4.42. The first-order chi connectivity index (χ1) is 11.9. The maximum atomic E-state index is 14.3. The van der Waals surface area contributed by atoms with E-state index in [0.29, 0.717) is 23.4 Å². The molecule has 1 aromatic carbocycles. The van der Waals surface area contributed by atoms with Crippen LogP contribution in [0.25, 0.3) is 11.1 Å². The van der Waals surface area contributed by atoms with E-state index in [4.69, 9.17) is 9.47 Å². The third kappa shape index (κ3) is 3.34. The van der Waals surface area contributed by atoms with Gasteiger partial charge in [0.1, 0.15) is 17.7 Å². The minimum Gasteiger partial charge on any atom is -0.474 e. The van der Waals surface area contributed by atoms with Gasteiger partial charge in [-0.05, 0) is 49.9 Å². The number of carbonyl (C=O) groups excluding carboxylic acids is 1. The van der Waals surface area contributed by atoms with E-state index in [1.807, 2.05) is 13.8 Å². The summed E-state index contributed by atoms with van der Waals surface area (Å²) in [4.78, 5) is 16.4. The average molecular weight is 347 g/mol. The number of rotatable bonds is 3. The first kappa shape index (κ1) is 17.3. The van der Waals surface area contributed by atoms with Crippen LogP contribution < -0.4 is 4.74 Å². The number of benzene rings is 1. The molecule has 2 aromatic rings.